The van der Waals surface area contributed by atoms with Crippen LogP contribution in [-0.2, 0) is 0 Å². The number of likely N-dealkylation sites (tertiary alicyclic amines) is 1. The summed E-state index contributed by atoms with van der Waals surface area (Å²) < 4.78 is 5.14. The van der Waals surface area contributed by atoms with Crippen molar-refractivity contribution in [3.8, 4) is 0 Å². The maximum absolute atomic E-state index is 11.9. The minimum absolute atomic E-state index is 0.115. The Bertz CT molecular complexity index is 358. The molecule has 1 aliphatic heterocycles. The third-order valence-electron chi connectivity index (χ3n) is 2.74. The molecule has 1 aromatic rings. The predicted octanol–water partition coefficient (Wildman–Crippen LogP) is 1.18. The predicted molar refractivity (Wildman–Crippen MR) is 54.6 cm³/mol. The van der Waals surface area contributed by atoms with Gasteiger partial charge in [0.2, 0.25) is 0 Å². The van der Waals surface area contributed by atoms with Crippen LogP contribution in [-0.4, -0.2) is 35.1 Å². The molecule has 15 heavy (non-hydrogen) atoms. The number of piperidine rings is 1. The second-order valence-corrected chi connectivity index (χ2v) is 3.98. The van der Waals surface area contributed by atoms with Crippen LogP contribution in [0.15, 0.2) is 16.7 Å². The summed E-state index contributed by atoms with van der Waals surface area (Å²) in [5.74, 6) is 0.278. The van der Waals surface area contributed by atoms with Crippen molar-refractivity contribution >= 4 is 5.91 Å². The molecule has 2 rings (SSSR count). The van der Waals surface area contributed by atoms with Gasteiger partial charge in [0.05, 0.1) is 12.4 Å². The van der Waals surface area contributed by atoms with Crippen LogP contribution >= 0.6 is 0 Å². The molecule has 1 N–H and O–H groups in total. The lowest BCUT2D eigenvalue weighted by molar-refractivity contribution is 0.0447. The number of carbonyl (C=O) groups excluding carboxylic acids is 1. The van der Waals surface area contributed by atoms with Gasteiger partial charge in [-0.25, -0.2) is 0 Å². The number of aryl methyl sites for hydroxylation is 1. The Hall–Kier alpha value is -1.29. The van der Waals surface area contributed by atoms with Crippen LogP contribution in [0.5, 0.6) is 0 Å². The third kappa shape index (κ3) is 2.04. The Morgan fingerprint density at radius 1 is 1.67 bits per heavy atom. The summed E-state index contributed by atoms with van der Waals surface area (Å²) in [5, 5.41) is 9.47. The number of furan rings is 1. The van der Waals surface area contributed by atoms with Gasteiger partial charge in [-0.2, -0.15) is 0 Å². The van der Waals surface area contributed by atoms with Gasteiger partial charge in [0.1, 0.15) is 0 Å². The van der Waals surface area contributed by atoms with E-state index in [1.54, 1.807) is 11.0 Å². The normalized spacial score (nSPS) is 21.7. The summed E-state index contributed by atoms with van der Waals surface area (Å²) in [4.78, 5) is 13.6. The summed E-state index contributed by atoms with van der Waals surface area (Å²) in [7, 11) is 0. The van der Waals surface area contributed by atoms with E-state index in [1.807, 2.05) is 6.92 Å². The van der Waals surface area contributed by atoms with Crippen LogP contribution in [0, 0.1) is 6.92 Å². The van der Waals surface area contributed by atoms with E-state index in [1.165, 1.54) is 6.26 Å². The molecule has 0 unspecified atom stereocenters. The molecule has 0 aromatic carbocycles. The third-order valence-corrected chi connectivity index (χ3v) is 2.74. The highest BCUT2D eigenvalue weighted by Crippen LogP contribution is 2.16. The molecule has 4 nitrogen and oxygen atoms in total. The molecule has 2 heterocycles. The van der Waals surface area contributed by atoms with Gasteiger partial charge in [-0.1, -0.05) is 0 Å². The lowest BCUT2D eigenvalue weighted by Crippen LogP contribution is -2.42. The molecule has 1 amide bonds. The van der Waals surface area contributed by atoms with Gasteiger partial charge in [0.15, 0.2) is 5.76 Å². The van der Waals surface area contributed by atoms with E-state index in [-0.39, 0.29) is 5.91 Å². The van der Waals surface area contributed by atoms with Crippen molar-refractivity contribution in [3.05, 3.63) is 23.7 Å². The van der Waals surface area contributed by atoms with E-state index in [2.05, 4.69) is 0 Å². The SMILES string of the molecule is Cc1ccoc1C(=O)N1CCC[C@H](O)C1. The van der Waals surface area contributed by atoms with E-state index >= 15 is 0 Å². The maximum atomic E-state index is 11.9. The summed E-state index contributed by atoms with van der Waals surface area (Å²) >= 11 is 0. The van der Waals surface area contributed by atoms with E-state index in [0.29, 0.717) is 18.8 Å². The number of amides is 1. The van der Waals surface area contributed by atoms with Gasteiger partial charge in [0.25, 0.3) is 5.91 Å². The zero-order chi connectivity index (χ0) is 10.8. The molecular formula is C11H15NO3. The van der Waals surface area contributed by atoms with Crippen LogP contribution in [0.1, 0.15) is 29.0 Å². The van der Waals surface area contributed by atoms with Gasteiger partial charge in [-0.05, 0) is 25.8 Å². The van der Waals surface area contributed by atoms with Crippen molar-refractivity contribution in [2.45, 2.75) is 25.9 Å². The monoisotopic (exact) mass is 209 g/mol. The molecule has 0 saturated carbocycles. The number of hydrogen-bond acceptors (Lipinski definition) is 3. The van der Waals surface area contributed by atoms with Gasteiger partial charge in [-0.15, -0.1) is 0 Å². The second-order valence-electron chi connectivity index (χ2n) is 3.98. The molecule has 82 valence electrons. The van der Waals surface area contributed by atoms with Gasteiger partial charge in [-0.3, -0.25) is 4.79 Å². The number of carbonyl (C=O) groups is 1. The number of aliphatic hydroxyl groups is 1. The molecule has 0 radical (unpaired) electrons. The van der Waals surface area contributed by atoms with Crippen molar-refractivity contribution in [1.82, 2.24) is 4.90 Å². The molecule has 0 aliphatic carbocycles. The average molecular weight is 209 g/mol. The van der Waals surface area contributed by atoms with E-state index in [9.17, 15) is 9.90 Å². The highest BCUT2D eigenvalue weighted by Gasteiger charge is 2.25. The lowest BCUT2D eigenvalue weighted by Gasteiger charge is -2.29. The zero-order valence-electron chi connectivity index (χ0n) is 8.77. The first-order valence-electron chi connectivity index (χ1n) is 5.20. The van der Waals surface area contributed by atoms with Crippen molar-refractivity contribution in [3.63, 3.8) is 0 Å². The first-order chi connectivity index (χ1) is 7.18. The minimum atomic E-state index is -0.391. The van der Waals surface area contributed by atoms with E-state index < -0.39 is 6.10 Å². The average Bonchev–Trinajstić information content (AvgIpc) is 2.63. The van der Waals surface area contributed by atoms with Crippen LogP contribution in [0.3, 0.4) is 0 Å². The van der Waals surface area contributed by atoms with Gasteiger partial charge < -0.3 is 14.4 Å². The van der Waals surface area contributed by atoms with Gasteiger partial charge in [0, 0.05) is 18.7 Å². The summed E-state index contributed by atoms with van der Waals surface area (Å²) in [6, 6.07) is 1.77. The van der Waals surface area contributed by atoms with Gasteiger partial charge >= 0.3 is 0 Å². The maximum Gasteiger partial charge on any atom is 0.289 e. The number of rotatable bonds is 1. The molecule has 1 saturated heterocycles. The fourth-order valence-corrected chi connectivity index (χ4v) is 1.87. The molecular weight excluding hydrogens is 194 g/mol. The Morgan fingerprint density at radius 3 is 3.07 bits per heavy atom. The topological polar surface area (TPSA) is 53.7 Å². The van der Waals surface area contributed by atoms with E-state index in [4.69, 9.17) is 4.42 Å². The van der Waals surface area contributed by atoms with Crippen LogP contribution in [0.25, 0.3) is 0 Å². The second kappa shape index (κ2) is 4.06. The Kier molecular flexibility index (Phi) is 2.77. The number of nitrogens with zero attached hydrogens (tertiary/aromatic N) is 1. The molecule has 1 aliphatic rings. The van der Waals surface area contributed by atoms with Crippen LogP contribution < -0.4 is 0 Å². The number of β-amino-alcohol motifs (C(OH)–C–C–N with tert-alkyl or cyclic N) is 1. The lowest BCUT2D eigenvalue weighted by atomic mass is 10.1. The van der Waals surface area contributed by atoms with Crippen molar-refractivity contribution < 1.29 is 14.3 Å². The number of aliphatic hydroxyl groups excluding tert-OH is 1. The number of hydrogen-bond donors (Lipinski definition) is 1. The van der Waals surface area contributed by atoms with Crippen molar-refractivity contribution in [2.24, 2.45) is 0 Å². The van der Waals surface area contributed by atoms with E-state index in [0.717, 1.165) is 18.4 Å². The molecule has 1 fully saturated rings. The fraction of sp³-hybridized carbons (Fsp3) is 0.545. The summed E-state index contributed by atoms with van der Waals surface area (Å²) in [5.41, 5.74) is 0.847. The highest BCUT2D eigenvalue weighted by atomic mass is 16.3. The summed E-state index contributed by atoms with van der Waals surface area (Å²) in [6.07, 6.45) is 2.76. The quantitative estimate of drug-likeness (QED) is 0.755. The highest BCUT2D eigenvalue weighted by molar-refractivity contribution is 5.92. The first-order valence-corrected chi connectivity index (χ1v) is 5.20. The fourth-order valence-electron chi connectivity index (χ4n) is 1.87. The molecule has 4 heteroatoms. The standard InChI is InChI=1S/C11H15NO3/c1-8-4-6-15-10(8)11(14)12-5-2-3-9(13)7-12/h4,6,9,13H,2-3,5,7H2,1H3/t9-/m0/s1. The molecule has 1 aromatic heterocycles. The smallest absolute Gasteiger partial charge is 0.289 e. The van der Waals surface area contributed by atoms with Crippen LogP contribution in [0.2, 0.25) is 0 Å². The van der Waals surface area contributed by atoms with Crippen molar-refractivity contribution in [1.29, 1.82) is 0 Å². The zero-order valence-corrected chi connectivity index (χ0v) is 8.77. The van der Waals surface area contributed by atoms with Crippen LogP contribution in [0.4, 0.5) is 0 Å². The Morgan fingerprint density at radius 2 is 2.47 bits per heavy atom. The van der Waals surface area contributed by atoms with Crippen molar-refractivity contribution in [2.75, 3.05) is 13.1 Å². The minimum Gasteiger partial charge on any atom is -0.459 e. The largest absolute Gasteiger partial charge is 0.459 e. The summed E-state index contributed by atoms with van der Waals surface area (Å²) in [6.45, 7) is 2.96. The molecule has 0 bridgehead atoms. The molecule has 0 spiro atoms. The Labute approximate surface area is 88.5 Å². The molecule has 1 atom stereocenters. The first kappa shape index (κ1) is 10.2. The Balaban J connectivity index is 2.11.